The summed E-state index contributed by atoms with van der Waals surface area (Å²) in [6.07, 6.45) is -4.08. The summed E-state index contributed by atoms with van der Waals surface area (Å²) in [5, 5.41) is 8.03. The molecule has 0 aromatic heterocycles. The maximum atomic E-state index is 13.1. The molecule has 168 valence electrons. The van der Waals surface area contributed by atoms with Crippen LogP contribution >= 0.6 is 0 Å². The highest BCUT2D eigenvalue weighted by Crippen LogP contribution is 2.43. The molecule has 1 heterocycles. The third-order valence-electron chi connectivity index (χ3n) is 5.23. The van der Waals surface area contributed by atoms with Crippen LogP contribution in [0.25, 0.3) is 0 Å². The van der Waals surface area contributed by atoms with E-state index in [-0.39, 0.29) is 30.4 Å². The number of nitrogens with zero attached hydrogens (tertiary/aromatic N) is 1. The van der Waals surface area contributed by atoms with Gasteiger partial charge in [0.2, 0.25) is 5.90 Å². The lowest BCUT2D eigenvalue weighted by molar-refractivity contribution is -0.137. The molecule has 2 atom stereocenters. The number of ether oxygens (including phenoxy) is 1. The topological polar surface area (TPSA) is 76.0 Å². The van der Waals surface area contributed by atoms with Gasteiger partial charge in [0.15, 0.2) is 0 Å². The molecule has 5 nitrogen and oxygen atoms in total. The van der Waals surface area contributed by atoms with E-state index in [0.29, 0.717) is 6.42 Å². The molecule has 1 aliphatic rings. The average molecular weight is 455 g/mol. The van der Waals surface area contributed by atoms with Crippen LogP contribution in [-0.2, 0) is 20.9 Å². The van der Waals surface area contributed by atoms with Gasteiger partial charge in [0.1, 0.15) is 10.9 Å². The number of alkyl halides is 3. The Morgan fingerprint density at radius 2 is 1.81 bits per heavy atom. The van der Waals surface area contributed by atoms with E-state index in [1.807, 2.05) is 30.3 Å². The van der Waals surface area contributed by atoms with Gasteiger partial charge in [-0.1, -0.05) is 48.5 Å². The van der Waals surface area contributed by atoms with Crippen LogP contribution in [0.5, 0.6) is 0 Å². The summed E-state index contributed by atoms with van der Waals surface area (Å²) in [6, 6.07) is 13.5. The fourth-order valence-corrected chi connectivity index (χ4v) is 5.69. The van der Waals surface area contributed by atoms with Crippen LogP contribution in [0.15, 0.2) is 59.0 Å². The Bertz CT molecular complexity index is 1050. The third-order valence-corrected chi connectivity index (χ3v) is 7.12. The first-order valence-electron chi connectivity index (χ1n) is 9.78. The van der Waals surface area contributed by atoms with E-state index in [2.05, 4.69) is 4.40 Å². The Balaban J connectivity index is 1.96. The van der Waals surface area contributed by atoms with E-state index in [9.17, 15) is 26.7 Å². The SMILES string of the molecule is CC1(C)OC(C[C@@H](CCO)c2ccccc2)=NS(=O)(=O)C1c1cccc(C(F)(F)F)c1. The quantitative estimate of drug-likeness (QED) is 0.676. The van der Waals surface area contributed by atoms with Crippen LogP contribution in [0.4, 0.5) is 13.2 Å². The molecule has 0 saturated carbocycles. The van der Waals surface area contributed by atoms with Crippen LogP contribution in [0.1, 0.15) is 54.5 Å². The summed E-state index contributed by atoms with van der Waals surface area (Å²) in [5.41, 5.74) is -1.41. The number of aliphatic hydroxyl groups excluding tert-OH is 1. The molecule has 0 saturated heterocycles. The number of sulfonamides is 1. The Morgan fingerprint density at radius 1 is 1.13 bits per heavy atom. The van der Waals surface area contributed by atoms with Gasteiger partial charge in [-0.05, 0) is 43.4 Å². The molecule has 0 bridgehead atoms. The smallest absolute Gasteiger partial charge is 0.416 e. The zero-order valence-electron chi connectivity index (χ0n) is 17.1. The van der Waals surface area contributed by atoms with Crippen molar-refractivity contribution in [2.24, 2.45) is 4.40 Å². The van der Waals surface area contributed by atoms with Crippen molar-refractivity contribution in [2.45, 2.75) is 49.6 Å². The average Bonchev–Trinajstić information content (AvgIpc) is 2.66. The second kappa shape index (κ2) is 8.63. The molecular weight excluding hydrogens is 431 g/mol. The summed E-state index contributed by atoms with van der Waals surface area (Å²) in [5.74, 6) is -0.239. The number of benzene rings is 2. The maximum absolute atomic E-state index is 13.1. The van der Waals surface area contributed by atoms with Crippen molar-refractivity contribution >= 4 is 15.9 Å². The lowest BCUT2D eigenvalue weighted by Crippen LogP contribution is -2.43. The number of rotatable bonds is 6. The molecule has 2 aromatic rings. The normalized spacial score (nSPS) is 21.1. The molecule has 9 heteroatoms. The summed E-state index contributed by atoms with van der Waals surface area (Å²) in [4.78, 5) is 0. The Labute approximate surface area is 179 Å². The molecule has 0 fully saturated rings. The molecule has 0 radical (unpaired) electrons. The molecule has 0 spiro atoms. The summed E-state index contributed by atoms with van der Waals surface area (Å²) in [7, 11) is -4.21. The summed E-state index contributed by atoms with van der Waals surface area (Å²) in [6.45, 7) is 2.94. The molecule has 31 heavy (non-hydrogen) atoms. The highest BCUT2D eigenvalue weighted by atomic mass is 32.2. The largest absolute Gasteiger partial charge is 0.472 e. The zero-order valence-corrected chi connectivity index (χ0v) is 17.9. The highest BCUT2D eigenvalue weighted by Gasteiger charge is 2.48. The van der Waals surface area contributed by atoms with Gasteiger partial charge in [-0.2, -0.15) is 13.2 Å². The van der Waals surface area contributed by atoms with Gasteiger partial charge < -0.3 is 9.84 Å². The first-order chi connectivity index (χ1) is 14.4. The van der Waals surface area contributed by atoms with Gasteiger partial charge in [-0.3, -0.25) is 0 Å². The standard InChI is InChI=1S/C22H24F3NO4S/c1-21(2)20(17-9-6-10-18(13-17)22(23,24)25)31(28,29)26-19(30-21)14-16(11-12-27)15-7-4-3-5-8-15/h3-10,13,16,20,27H,11-12,14H2,1-2H3/t16-,20?/m1/s1. The lowest BCUT2D eigenvalue weighted by Gasteiger charge is -2.38. The van der Waals surface area contributed by atoms with Crippen molar-refractivity contribution in [1.29, 1.82) is 0 Å². The maximum Gasteiger partial charge on any atom is 0.416 e. The second-order valence-electron chi connectivity index (χ2n) is 8.03. The van der Waals surface area contributed by atoms with Gasteiger partial charge in [-0.15, -0.1) is 4.40 Å². The van der Waals surface area contributed by atoms with Crippen molar-refractivity contribution < 1.29 is 31.4 Å². The second-order valence-corrected chi connectivity index (χ2v) is 9.72. The van der Waals surface area contributed by atoms with Crippen molar-refractivity contribution in [3.8, 4) is 0 Å². The van der Waals surface area contributed by atoms with E-state index in [4.69, 9.17) is 4.74 Å². The highest BCUT2D eigenvalue weighted by molar-refractivity contribution is 7.90. The van der Waals surface area contributed by atoms with Gasteiger partial charge >= 0.3 is 6.18 Å². The number of hydrogen-bond acceptors (Lipinski definition) is 4. The Kier molecular flexibility index (Phi) is 6.48. The molecule has 2 aromatic carbocycles. The van der Waals surface area contributed by atoms with Gasteiger partial charge in [0, 0.05) is 13.0 Å². The molecule has 1 aliphatic heterocycles. The minimum atomic E-state index is -4.60. The van der Waals surface area contributed by atoms with Crippen LogP contribution in [0, 0.1) is 0 Å². The molecule has 3 rings (SSSR count). The predicted molar refractivity (Wildman–Crippen MR) is 111 cm³/mol. The van der Waals surface area contributed by atoms with Crippen molar-refractivity contribution in [2.75, 3.05) is 6.61 Å². The van der Waals surface area contributed by atoms with E-state index in [1.165, 1.54) is 26.0 Å². The van der Waals surface area contributed by atoms with Crippen LogP contribution in [-0.4, -0.2) is 31.6 Å². The van der Waals surface area contributed by atoms with E-state index < -0.39 is 32.6 Å². The lowest BCUT2D eigenvalue weighted by atomic mass is 9.92. The van der Waals surface area contributed by atoms with E-state index in [1.54, 1.807) is 0 Å². The fraction of sp³-hybridized carbons (Fsp3) is 0.409. The molecule has 1 unspecified atom stereocenters. The Morgan fingerprint density at radius 3 is 2.39 bits per heavy atom. The van der Waals surface area contributed by atoms with E-state index in [0.717, 1.165) is 17.7 Å². The monoisotopic (exact) mass is 455 g/mol. The van der Waals surface area contributed by atoms with Gasteiger partial charge in [-0.25, -0.2) is 8.42 Å². The number of aliphatic hydroxyl groups is 1. The first-order valence-corrected chi connectivity index (χ1v) is 11.3. The van der Waals surface area contributed by atoms with Crippen molar-refractivity contribution in [1.82, 2.24) is 0 Å². The van der Waals surface area contributed by atoms with Crippen molar-refractivity contribution in [3.63, 3.8) is 0 Å². The molecular formula is C22H24F3NO4S. The molecule has 0 amide bonds. The molecule has 1 N–H and O–H groups in total. The number of halogens is 3. The summed E-state index contributed by atoms with van der Waals surface area (Å²) < 4.78 is 75.2. The third kappa shape index (κ3) is 5.27. The molecule has 0 aliphatic carbocycles. The summed E-state index contributed by atoms with van der Waals surface area (Å²) >= 11 is 0. The zero-order chi connectivity index (χ0) is 22.9. The first kappa shape index (κ1) is 23.3. The predicted octanol–water partition coefficient (Wildman–Crippen LogP) is 4.84. The van der Waals surface area contributed by atoms with Crippen LogP contribution in [0.3, 0.4) is 0 Å². The van der Waals surface area contributed by atoms with E-state index >= 15 is 0 Å². The van der Waals surface area contributed by atoms with Gasteiger partial charge in [0.25, 0.3) is 10.0 Å². The number of hydrogen-bond donors (Lipinski definition) is 1. The Hall–Kier alpha value is -2.39. The van der Waals surface area contributed by atoms with Crippen LogP contribution < -0.4 is 0 Å². The minimum absolute atomic E-state index is 0.0180. The fourth-order valence-electron chi connectivity index (χ4n) is 3.94. The van der Waals surface area contributed by atoms with Crippen molar-refractivity contribution in [3.05, 3.63) is 71.3 Å². The minimum Gasteiger partial charge on any atom is -0.472 e. The van der Waals surface area contributed by atoms with Gasteiger partial charge in [0.05, 0.1) is 5.56 Å². The van der Waals surface area contributed by atoms with Crippen LogP contribution in [0.2, 0.25) is 0 Å².